The van der Waals surface area contributed by atoms with Crippen molar-refractivity contribution < 1.29 is 22.7 Å². The minimum atomic E-state index is -4.33. The van der Waals surface area contributed by atoms with Gasteiger partial charge in [-0.05, 0) is 42.3 Å². The zero-order chi connectivity index (χ0) is 13.8. The Morgan fingerprint density at radius 1 is 1.39 bits per heavy atom. The molecule has 1 aromatic rings. The first-order valence-corrected chi connectivity index (χ1v) is 6.06. The second kappa shape index (κ2) is 6.13. The third-order valence-corrected chi connectivity index (χ3v) is 3.23. The maximum Gasteiger partial charge on any atom is 0.446 e. The van der Waals surface area contributed by atoms with Gasteiger partial charge in [-0.3, -0.25) is 4.79 Å². The van der Waals surface area contributed by atoms with E-state index in [0.29, 0.717) is 5.56 Å². The predicted molar refractivity (Wildman–Crippen MR) is 63.4 cm³/mol. The predicted octanol–water partition coefficient (Wildman–Crippen LogP) is 3.71. The van der Waals surface area contributed by atoms with E-state index in [0.717, 1.165) is 5.56 Å². The fourth-order valence-corrected chi connectivity index (χ4v) is 2.33. The highest BCUT2D eigenvalue weighted by Crippen LogP contribution is 2.39. The molecule has 0 aliphatic carbocycles. The number of ether oxygens (including phenoxy) is 1. The molecular weight excluding hydrogens is 265 g/mol. The van der Waals surface area contributed by atoms with Crippen LogP contribution < -0.4 is 0 Å². The summed E-state index contributed by atoms with van der Waals surface area (Å²) in [4.78, 5) is 11.2. The lowest BCUT2D eigenvalue weighted by atomic mass is 10.0. The third-order valence-electron chi connectivity index (χ3n) is 2.40. The molecule has 0 aliphatic rings. The van der Waals surface area contributed by atoms with E-state index in [1.165, 1.54) is 13.2 Å². The van der Waals surface area contributed by atoms with Crippen molar-refractivity contribution >= 4 is 17.7 Å². The van der Waals surface area contributed by atoms with E-state index in [9.17, 15) is 18.0 Å². The summed E-state index contributed by atoms with van der Waals surface area (Å²) in [6.45, 7) is 1.73. The maximum absolute atomic E-state index is 12.4. The summed E-state index contributed by atoms with van der Waals surface area (Å²) in [5, 5.41) is 0. The molecule has 0 bridgehead atoms. The van der Waals surface area contributed by atoms with E-state index in [1.54, 1.807) is 19.1 Å². The lowest BCUT2D eigenvalue weighted by molar-refractivity contribution is -0.140. The molecule has 0 saturated carbocycles. The Hall–Kier alpha value is -1.17. The first kappa shape index (κ1) is 14.9. The van der Waals surface area contributed by atoms with Crippen molar-refractivity contribution in [2.24, 2.45) is 0 Å². The van der Waals surface area contributed by atoms with Gasteiger partial charge in [0.25, 0.3) is 0 Å². The molecule has 0 unspecified atom stereocenters. The van der Waals surface area contributed by atoms with Crippen molar-refractivity contribution in [3.05, 3.63) is 29.3 Å². The second-order valence-electron chi connectivity index (χ2n) is 3.68. The number of thioether (sulfide) groups is 1. The summed E-state index contributed by atoms with van der Waals surface area (Å²) in [6.07, 6.45) is 0.324. The molecule has 2 nitrogen and oxygen atoms in total. The van der Waals surface area contributed by atoms with Crippen LogP contribution in [0.4, 0.5) is 13.2 Å². The molecule has 1 rings (SSSR count). The number of carbonyl (C=O) groups excluding carboxylic acids is 1. The average Bonchev–Trinajstić information content (AvgIpc) is 2.25. The van der Waals surface area contributed by atoms with Crippen LogP contribution in [0.2, 0.25) is 0 Å². The summed E-state index contributed by atoms with van der Waals surface area (Å²) in [6, 6.07) is 4.72. The smallest absolute Gasteiger partial charge is 0.446 e. The van der Waals surface area contributed by atoms with Gasteiger partial charge in [-0.1, -0.05) is 12.1 Å². The highest BCUT2D eigenvalue weighted by Gasteiger charge is 2.30. The minimum Gasteiger partial charge on any atom is -0.469 e. The second-order valence-corrected chi connectivity index (χ2v) is 4.78. The van der Waals surface area contributed by atoms with Gasteiger partial charge in [0, 0.05) is 11.3 Å². The van der Waals surface area contributed by atoms with Gasteiger partial charge in [-0.25, -0.2) is 0 Å². The topological polar surface area (TPSA) is 26.3 Å². The molecular formula is C12H13F3O2S. The van der Waals surface area contributed by atoms with Crippen LogP contribution in [0.5, 0.6) is 0 Å². The number of aryl methyl sites for hydroxylation is 1. The third kappa shape index (κ3) is 4.60. The first-order chi connectivity index (χ1) is 8.33. The fourth-order valence-electron chi connectivity index (χ4n) is 1.55. The standard InChI is InChI=1S/C12H13F3O2S/c1-8-4-3-5-10(18-12(13,14)15)9(8)6-7-11(16)17-2/h3-5H,6-7H2,1-2H3. The molecule has 0 saturated heterocycles. The number of alkyl halides is 3. The van der Waals surface area contributed by atoms with Crippen molar-refractivity contribution in [3.8, 4) is 0 Å². The van der Waals surface area contributed by atoms with Crippen molar-refractivity contribution in [2.45, 2.75) is 30.2 Å². The molecule has 0 aliphatic heterocycles. The van der Waals surface area contributed by atoms with Gasteiger partial charge >= 0.3 is 11.5 Å². The van der Waals surface area contributed by atoms with Gasteiger partial charge in [0.2, 0.25) is 0 Å². The summed E-state index contributed by atoms with van der Waals surface area (Å²) >= 11 is -0.151. The number of methoxy groups -OCH3 is 1. The lowest BCUT2D eigenvalue weighted by Crippen LogP contribution is -2.06. The van der Waals surface area contributed by atoms with E-state index < -0.39 is 11.5 Å². The van der Waals surface area contributed by atoms with Gasteiger partial charge in [-0.15, -0.1) is 0 Å². The van der Waals surface area contributed by atoms with Crippen LogP contribution in [0.15, 0.2) is 23.1 Å². The summed E-state index contributed by atoms with van der Waals surface area (Å²) in [5.74, 6) is -0.429. The monoisotopic (exact) mass is 278 g/mol. The van der Waals surface area contributed by atoms with Crippen LogP contribution in [-0.2, 0) is 16.0 Å². The Labute approximate surface area is 108 Å². The van der Waals surface area contributed by atoms with Crippen LogP contribution in [-0.4, -0.2) is 18.6 Å². The lowest BCUT2D eigenvalue weighted by Gasteiger charge is -2.13. The summed E-state index contributed by atoms with van der Waals surface area (Å²) in [5.41, 5.74) is -3.04. The van der Waals surface area contributed by atoms with E-state index in [2.05, 4.69) is 4.74 Å². The molecule has 18 heavy (non-hydrogen) atoms. The van der Waals surface area contributed by atoms with E-state index in [1.807, 2.05) is 0 Å². The summed E-state index contributed by atoms with van der Waals surface area (Å²) < 4.78 is 41.7. The highest BCUT2D eigenvalue weighted by molar-refractivity contribution is 8.00. The Kier molecular flexibility index (Phi) is 5.07. The molecule has 0 heterocycles. The quantitative estimate of drug-likeness (QED) is 0.620. The molecule has 0 fully saturated rings. The van der Waals surface area contributed by atoms with Crippen molar-refractivity contribution in [1.29, 1.82) is 0 Å². The normalized spacial score (nSPS) is 11.4. The van der Waals surface area contributed by atoms with Crippen LogP contribution in [0, 0.1) is 6.92 Å². The van der Waals surface area contributed by atoms with Crippen LogP contribution in [0.1, 0.15) is 17.5 Å². The zero-order valence-electron chi connectivity index (χ0n) is 10.0. The Balaban J connectivity index is 2.90. The summed E-state index contributed by atoms with van der Waals surface area (Å²) in [7, 11) is 1.26. The molecule has 0 N–H and O–H groups in total. The molecule has 100 valence electrons. The number of halogens is 3. The Bertz CT molecular complexity index is 430. The average molecular weight is 278 g/mol. The number of hydrogen-bond acceptors (Lipinski definition) is 3. The molecule has 0 radical (unpaired) electrons. The van der Waals surface area contributed by atoms with Gasteiger partial charge in [-0.2, -0.15) is 13.2 Å². The van der Waals surface area contributed by atoms with Crippen molar-refractivity contribution in [1.82, 2.24) is 0 Å². The van der Waals surface area contributed by atoms with E-state index in [-0.39, 0.29) is 29.5 Å². The molecule has 1 aromatic carbocycles. The largest absolute Gasteiger partial charge is 0.469 e. The Morgan fingerprint density at radius 3 is 2.61 bits per heavy atom. The highest BCUT2D eigenvalue weighted by atomic mass is 32.2. The van der Waals surface area contributed by atoms with Crippen LogP contribution in [0.25, 0.3) is 0 Å². The van der Waals surface area contributed by atoms with E-state index >= 15 is 0 Å². The van der Waals surface area contributed by atoms with Crippen molar-refractivity contribution in [3.63, 3.8) is 0 Å². The number of carbonyl (C=O) groups is 1. The van der Waals surface area contributed by atoms with Gasteiger partial charge in [0.1, 0.15) is 0 Å². The van der Waals surface area contributed by atoms with Crippen LogP contribution >= 0.6 is 11.8 Å². The van der Waals surface area contributed by atoms with Gasteiger partial charge in [0.15, 0.2) is 0 Å². The molecule has 0 spiro atoms. The van der Waals surface area contributed by atoms with Crippen LogP contribution in [0.3, 0.4) is 0 Å². The Morgan fingerprint density at radius 2 is 2.06 bits per heavy atom. The molecule has 0 atom stereocenters. The molecule has 0 amide bonds. The zero-order valence-corrected chi connectivity index (χ0v) is 10.8. The molecule has 0 aromatic heterocycles. The van der Waals surface area contributed by atoms with E-state index in [4.69, 9.17) is 0 Å². The first-order valence-electron chi connectivity index (χ1n) is 5.24. The number of esters is 1. The fraction of sp³-hybridized carbons (Fsp3) is 0.417. The number of rotatable bonds is 4. The maximum atomic E-state index is 12.4. The van der Waals surface area contributed by atoms with Gasteiger partial charge < -0.3 is 4.74 Å². The number of hydrogen-bond donors (Lipinski definition) is 0. The number of benzene rings is 1. The molecule has 6 heteroatoms. The minimum absolute atomic E-state index is 0.0762. The van der Waals surface area contributed by atoms with Crippen molar-refractivity contribution in [2.75, 3.05) is 7.11 Å². The SMILES string of the molecule is COC(=O)CCc1c(C)cccc1SC(F)(F)F. The van der Waals surface area contributed by atoms with Gasteiger partial charge in [0.05, 0.1) is 7.11 Å².